The lowest BCUT2D eigenvalue weighted by molar-refractivity contribution is 0.0342. The van der Waals surface area contributed by atoms with Gasteiger partial charge in [0.15, 0.2) is 0 Å². The number of nitrogens with zero attached hydrogens (tertiary/aromatic N) is 5. The molecule has 3 heterocycles. The molecule has 11 heteroatoms. The zero-order valence-corrected chi connectivity index (χ0v) is 21.0. The topological polar surface area (TPSA) is 114 Å². The summed E-state index contributed by atoms with van der Waals surface area (Å²) < 4.78 is 20.2. The van der Waals surface area contributed by atoms with Crippen molar-refractivity contribution in [1.82, 2.24) is 35.1 Å². The van der Waals surface area contributed by atoms with Crippen LogP contribution in [0.2, 0.25) is 0 Å². The molecule has 0 spiro atoms. The summed E-state index contributed by atoms with van der Waals surface area (Å²) in [6.07, 6.45) is 1.27. The van der Waals surface area contributed by atoms with Crippen molar-refractivity contribution < 1.29 is 18.7 Å². The van der Waals surface area contributed by atoms with Crippen LogP contribution in [0.15, 0.2) is 54.9 Å². The second kappa shape index (κ2) is 11.4. The van der Waals surface area contributed by atoms with E-state index in [0.29, 0.717) is 12.1 Å². The maximum absolute atomic E-state index is 13.5. The van der Waals surface area contributed by atoms with Gasteiger partial charge in [-0.05, 0) is 35.2 Å². The highest BCUT2D eigenvalue weighted by molar-refractivity contribution is 5.98. The van der Waals surface area contributed by atoms with Gasteiger partial charge < -0.3 is 15.4 Å². The smallest absolute Gasteiger partial charge is 0.270 e. The number of morpholine rings is 1. The van der Waals surface area contributed by atoms with E-state index < -0.39 is 11.8 Å². The molecule has 0 atom stereocenters. The largest absolute Gasteiger partial charge is 0.379 e. The number of ether oxygens (including phenoxy) is 1. The molecule has 1 aliphatic heterocycles. The third-order valence-electron chi connectivity index (χ3n) is 6.38. The van der Waals surface area contributed by atoms with Gasteiger partial charge in [0.2, 0.25) is 0 Å². The minimum atomic E-state index is -0.484. The lowest BCUT2D eigenvalue weighted by Crippen LogP contribution is -2.35. The summed E-state index contributed by atoms with van der Waals surface area (Å²) in [5.41, 5.74) is 3.55. The molecule has 2 aromatic heterocycles. The molecule has 1 saturated heterocycles. The van der Waals surface area contributed by atoms with Crippen LogP contribution in [0.3, 0.4) is 0 Å². The number of rotatable bonds is 8. The summed E-state index contributed by atoms with van der Waals surface area (Å²) in [4.78, 5) is 36.5. The van der Waals surface area contributed by atoms with Crippen LogP contribution < -0.4 is 10.6 Å². The molecule has 1 aliphatic rings. The van der Waals surface area contributed by atoms with Crippen molar-refractivity contribution in [1.29, 1.82) is 0 Å². The van der Waals surface area contributed by atoms with Crippen molar-refractivity contribution in [3.8, 4) is 0 Å². The monoisotopic (exact) mass is 517 g/mol. The maximum atomic E-state index is 13.5. The molecule has 0 unspecified atom stereocenters. The zero-order chi connectivity index (χ0) is 26.5. The van der Waals surface area contributed by atoms with Crippen LogP contribution in [0.25, 0.3) is 5.78 Å². The van der Waals surface area contributed by atoms with Crippen LogP contribution in [0, 0.1) is 12.7 Å². The highest BCUT2D eigenvalue weighted by atomic mass is 19.1. The number of carbonyl (C=O) groups is 2. The molecule has 10 nitrogen and oxygen atoms in total. The fourth-order valence-corrected chi connectivity index (χ4v) is 4.23. The molecular weight excluding hydrogens is 489 g/mol. The summed E-state index contributed by atoms with van der Waals surface area (Å²) in [7, 11) is 0. The number of aryl methyl sites for hydroxylation is 1. The van der Waals surface area contributed by atoms with Gasteiger partial charge >= 0.3 is 0 Å². The molecule has 2 aromatic carbocycles. The fourth-order valence-electron chi connectivity index (χ4n) is 4.23. The minimum absolute atomic E-state index is 0.0296. The Hall–Kier alpha value is -4.22. The Morgan fingerprint density at radius 3 is 2.39 bits per heavy atom. The Morgan fingerprint density at radius 2 is 1.63 bits per heavy atom. The van der Waals surface area contributed by atoms with Gasteiger partial charge in [-0.1, -0.05) is 36.4 Å². The molecule has 196 valence electrons. The van der Waals surface area contributed by atoms with Gasteiger partial charge in [0, 0.05) is 38.8 Å². The van der Waals surface area contributed by atoms with Crippen molar-refractivity contribution in [2.45, 2.75) is 26.6 Å². The van der Waals surface area contributed by atoms with Crippen LogP contribution >= 0.6 is 0 Å². The quantitative estimate of drug-likeness (QED) is 0.369. The van der Waals surface area contributed by atoms with Crippen LogP contribution in [0.4, 0.5) is 4.39 Å². The normalized spacial score (nSPS) is 13.9. The Balaban J connectivity index is 1.23. The number of halogens is 1. The zero-order valence-electron chi connectivity index (χ0n) is 21.0. The molecule has 5 rings (SSSR count). The number of hydrogen-bond donors (Lipinski definition) is 2. The highest BCUT2D eigenvalue weighted by Gasteiger charge is 2.18. The van der Waals surface area contributed by atoms with Crippen molar-refractivity contribution in [2.24, 2.45) is 0 Å². The Kier molecular flexibility index (Phi) is 7.66. The van der Waals surface area contributed by atoms with E-state index in [0.717, 1.165) is 44.0 Å². The molecule has 0 radical (unpaired) electrons. The number of fused-ring (bicyclic) bond motifs is 1. The van der Waals surface area contributed by atoms with Gasteiger partial charge in [-0.25, -0.2) is 9.37 Å². The SMILES string of the molecule is Cc1cc(CNC(=O)c2cc(C(=O)NCc3ccc(CN4CCOCC4)cc3)n3ncnc3n2)ccc1F. The van der Waals surface area contributed by atoms with Crippen LogP contribution in [-0.4, -0.2) is 62.6 Å². The van der Waals surface area contributed by atoms with E-state index >= 15 is 0 Å². The second-order valence-corrected chi connectivity index (χ2v) is 9.15. The number of hydrogen-bond acceptors (Lipinski definition) is 7. The molecule has 4 aromatic rings. The van der Waals surface area contributed by atoms with Gasteiger partial charge in [0.25, 0.3) is 17.6 Å². The molecule has 2 amide bonds. The maximum Gasteiger partial charge on any atom is 0.270 e. The number of amides is 2. The number of aromatic nitrogens is 4. The lowest BCUT2D eigenvalue weighted by Gasteiger charge is -2.26. The molecule has 0 aliphatic carbocycles. The first-order valence-corrected chi connectivity index (χ1v) is 12.4. The number of carbonyl (C=O) groups excluding carboxylic acids is 2. The van der Waals surface area contributed by atoms with Gasteiger partial charge in [-0.2, -0.15) is 14.6 Å². The summed E-state index contributed by atoms with van der Waals surface area (Å²) in [5.74, 6) is -1.07. The molecular formula is C27H28FN7O3. The summed E-state index contributed by atoms with van der Waals surface area (Å²) in [6, 6.07) is 14.1. The first-order valence-electron chi connectivity index (χ1n) is 12.4. The van der Waals surface area contributed by atoms with Gasteiger partial charge in [-0.3, -0.25) is 14.5 Å². The van der Waals surface area contributed by atoms with E-state index in [4.69, 9.17) is 4.74 Å². The third kappa shape index (κ3) is 6.01. The van der Waals surface area contributed by atoms with Crippen molar-refractivity contribution in [2.75, 3.05) is 26.3 Å². The van der Waals surface area contributed by atoms with E-state index in [1.807, 2.05) is 12.1 Å². The minimum Gasteiger partial charge on any atom is -0.379 e. The van der Waals surface area contributed by atoms with Crippen LogP contribution in [0.1, 0.15) is 43.2 Å². The van der Waals surface area contributed by atoms with Gasteiger partial charge in [-0.15, -0.1) is 0 Å². The predicted octanol–water partition coefficient (Wildman–Crippen LogP) is 2.26. The number of benzene rings is 2. The van der Waals surface area contributed by atoms with Crippen molar-refractivity contribution in [3.63, 3.8) is 0 Å². The molecule has 2 N–H and O–H groups in total. The Bertz CT molecular complexity index is 1450. The molecule has 0 bridgehead atoms. The van der Waals surface area contributed by atoms with Gasteiger partial charge in [0.05, 0.1) is 13.2 Å². The molecule has 0 saturated carbocycles. The summed E-state index contributed by atoms with van der Waals surface area (Å²) >= 11 is 0. The number of nitrogens with one attached hydrogen (secondary N) is 2. The van der Waals surface area contributed by atoms with Crippen molar-refractivity contribution >= 4 is 17.6 Å². The molecule has 1 fully saturated rings. The summed E-state index contributed by atoms with van der Waals surface area (Å²) in [6.45, 7) is 6.38. The standard InChI is InChI=1S/C27H28FN7O3/c1-18-12-21(6-7-22(18)28)15-29-25(36)23-13-24(35-27(33-23)31-17-32-35)26(37)30-14-19-2-4-20(5-3-19)16-34-8-10-38-11-9-34/h2-7,12-13,17H,8-11,14-16H2,1H3,(H,29,36)(H,30,37). The van der Waals surface area contributed by atoms with Crippen LogP contribution in [-0.2, 0) is 24.4 Å². The fraction of sp³-hybridized carbons (Fsp3) is 0.296. The Morgan fingerprint density at radius 1 is 0.947 bits per heavy atom. The first-order chi connectivity index (χ1) is 18.5. The second-order valence-electron chi connectivity index (χ2n) is 9.15. The highest BCUT2D eigenvalue weighted by Crippen LogP contribution is 2.12. The van der Waals surface area contributed by atoms with E-state index in [1.54, 1.807) is 19.1 Å². The first kappa shape index (κ1) is 25.4. The Labute approximate surface area is 218 Å². The van der Waals surface area contributed by atoms with Gasteiger partial charge in [0.1, 0.15) is 23.5 Å². The molecule has 38 heavy (non-hydrogen) atoms. The van der Waals surface area contributed by atoms with Crippen molar-refractivity contribution in [3.05, 3.63) is 94.3 Å². The lowest BCUT2D eigenvalue weighted by atomic mass is 10.1. The summed E-state index contributed by atoms with van der Waals surface area (Å²) in [5, 5.41) is 9.71. The van der Waals surface area contributed by atoms with E-state index in [2.05, 4.69) is 42.7 Å². The van der Waals surface area contributed by atoms with E-state index in [1.165, 1.54) is 28.5 Å². The average Bonchev–Trinajstić information content (AvgIpc) is 3.42. The average molecular weight is 518 g/mol. The van der Waals surface area contributed by atoms with E-state index in [-0.39, 0.29) is 29.5 Å². The predicted molar refractivity (Wildman–Crippen MR) is 137 cm³/mol. The van der Waals surface area contributed by atoms with Crippen LogP contribution in [0.5, 0.6) is 0 Å². The third-order valence-corrected chi connectivity index (χ3v) is 6.38. The van der Waals surface area contributed by atoms with E-state index in [9.17, 15) is 14.0 Å².